The number of carboxylic acid groups (broad SMARTS) is 1. The van der Waals surface area contributed by atoms with E-state index < -0.39 is 12.0 Å². The highest BCUT2D eigenvalue weighted by Gasteiger charge is 2.47. The van der Waals surface area contributed by atoms with Gasteiger partial charge in [0.1, 0.15) is 11.9 Å². The minimum absolute atomic E-state index is 0.149. The Morgan fingerprint density at radius 1 is 0.950 bits per heavy atom. The topological polar surface area (TPSA) is 61.6 Å². The van der Waals surface area contributed by atoms with Crippen LogP contribution in [0.2, 0.25) is 0 Å². The smallest absolute Gasteiger partial charge is 0.321 e. The number of carboxylic acids is 1. The largest absolute Gasteiger partial charge is 0.480 e. The van der Waals surface area contributed by atoms with Gasteiger partial charge in [-0.25, -0.2) is 9.37 Å². The van der Waals surface area contributed by atoms with Gasteiger partial charge in [0.2, 0.25) is 0 Å². The Balaban J connectivity index is 1.12. The summed E-state index contributed by atoms with van der Waals surface area (Å²) >= 11 is 0. The van der Waals surface area contributed by atoms with Gasteiger partial charge in [0.25, 0.3) is 0 Å². The molecule has 1 N–H and O–H groups in total. The lowest BCUT2D eigenvalue weighted by Crippen LogP contribution is -2.48. The van der Waals surface area contributed by atoms with E-state index in [9.17, 15) is 14.3 Å². The van der Waals surface area contributed by atoms with Crippen molar-refractivity contribution in [1.82, 2.24) is 19.4 Å². The molecule has 2 unspecified atom stereocenters. The maximum absolute atomic E-state index is 14.4. The van der Waals surface area contributed by atoms with E-state index in [0.29, 0.717) is 30.6 Å². The number of likely N-dealkylation sites (tertiary alicyclic amines) is 1. The number of imidazole rings is 1. The minimum Gasteiger partial charge on any atom is -0.480 e. The highest BCUT2D eigenvalue weighted by Crippen LogP contribution is 2.45. The molecular weight excluding hydrogens is 503 g/mol. The van der Waals surface area contributed by atoms with Crippen molar-refractivity contribution >= 4 is 17.0 Å². The van der Waals surface area contributed by atoms with Crippen LogP contribution >= 0.6 is 0 Å². The number of aliphatic carboxylic acids is 1. The summed E-state index contributed by atoms with van der Waals surface area (Å²) < 4.78 is 16.8. The molecule has 2 aromatic carbocycles. The first-order valence-corrected chi connectivity index (χ1v) is 15.4. The van der Waals surface area contributed by atoms with Crippen molar-refractivity contribution in [3.05, 3.63) is 66.2 Å². The van der Waals surface area contributed by atoms with E-state index in [2.05, 4.69) is 43.6 Å². The van der Waals surface area contributed by atoms with Gasteiger partial charge in [-0.1, -0.05) is 43.5 Å². The maximum atomic E-state index is 14.4. The number of hydrogen-bond acceptors (Lipinski definition) is 4. The van der Waals surface area contributed by atoms with E-state index in [0.717, 1.165) is 62.7 Å². The second kappa shape index (κ2) is 10.9. The zero-order chi connectivity index (χ0) is 27.2. The molecule has 40 heavy (non-hydrogen) atoms. The van der Waals surface area contributed by atoms with E-state index in [1.54, 1.807) is 6.07 Å². The van der Waals surface area contributed by atoms with Crippen LogP contribution in [0.15, 0.2) is 54.9 Å². The Bertz CT molecular complexity index is 1340. The quantitative estimate of drug-likeness (QED) is 0.390. The molecule has 1 saturated carbocycles. The van der Waals surface area contributed by atoms with E-state index in [4.69, 9.17) is 0 Å². The first kappa shape index (κ1) is 26.1. The van der Waals surface area contributed by atoms with Gasteiger partial charge in [-0.3, -0.25) is 14.6 Å². The average molecular weight is 545 g/mol. The summed E-state index contributed by atoms with van der Waals surface area (Å²) in [4.78, 5) is 22.3. The lowest BCUT2D eigenvalue weighted by molar-refractivity contribution is -0.145. The van der Waals surface area contributed by atoms with Crippen molar-refractivity contribution in [2.24, 2.45) is 11.8 Å². The van der Waals surface area contributed by atoms with Crippen LogP contribution in [0, 0.1) is 17.7 Å². The number of halogens is 1. The molecule has 4 heterocycles. The van der Waals surface area contributed by atoms with Crippen LogP contribution in [0.1, 0.15) is 75.3 Å². The van der Waals surface area contributed by atoms with Crippen LogP contribution in [0.4, 0.5) is 4.39 Å². The van der Waals surface area contributed by atoms with Crippen LogP contribution in [-0.4, -0.2) is 68.2 Å². The van der Waals surface area contributed by atoms with Gasteiger partial charge >= 0.3 is 5.97 Å². The monoisotopic (exact) mass is 544 g/mol. The summed E-state index contributed by atoms with van der Waals surface area (Å²) in [5, 5.41) is 10.4. The highest BCUT2D eigenvalue weighted by molar-refractivity contribution is 5.75. The van der Waals surface area contributed by atoms with Crippen molar-refractivity contribution in [2.45, 2.75) is 87.9 Å². The number of fused-ring (bicyclic) bond motifs is 3. The highest BCUT2D eigenvalue weighted by atomic mass is 19.1. The van der Waals surface area contributed by atoms with Gasteiger partial charge in [-0.2, -0.15) is 0 Å². The fourth-order valence-electron chi connectivity index (χ4n) is 8.85. The van der Waals surface area contributed by atoms with Crippen LogP contribution in [-0.2, 0) is 4.79 Å². The van der Waals surface area contributed by atoms with Crippen molar-refractivity contribution in [3.8, 4) is 0 Å². The summed E-state index contributed by atoms with van der Waals surface area (Å²) in [7, 11) is 0. The van der Waals surface area contributed by atoms with Gasteiger partial charge < -0.3 is 9.67 Å². The third-order valence-electron chi connectivity index (χ3n) is 10.7. The molecule has 4 aliphatic rings. The molecule has 0 radical (unpaired) electrons. The standard InChI is InChI=1S/C33H41FN4O2/c34-25-10-6-9-23(15-25)29-20-36(32(33(39)40)22-7-2-1-3-8-22)18-24(29)19-37-26-13-14-27(37)17-28(16-26)38-21-35-30-11-4-5-12-31(30)38/h4-6,9-12,15,21-22,24,26-29,32H,1-3,7-8,13-14,16-20H2,(H,39,40)/t24-,26?,27?,28?,29-,32-/m1/s1. The fraction of sp³-hybridized carbons (Fsp3) is 0.576. The zero-order valence-electron chi connectivity index (χ0n) is 23.2. The normalized spacial score (nSPS) is 30.7. The molecular formula is C33H41FN4O2. The first-order chi connectivity index (χ1) is 19.5. The lowest BCUT2D eigenvalue weighted by atomic mass is 9.83. The number of aromatic nitrogens is 2. The number of para-hydroxylation sites is 2. The fourth-order valence-corrected chi connectivity index (χ4v) is 8.85. The van der Waals surface area contributed by atoms with Gasteiger partial charge in [0, 0.05) is 43.7 Å². The molecule has 5 atom stereocenters. The SMILES string of the molecule is O=C(O)[C@@H](C1CCCCC1)N1C[C@H](CN2C3CCC2CC(n2cnc4ccccc42)C3)[C@@H](c2cccc(F)c2)C1. The Morgan fingerprint density at radius 3 is 2.48 bits per heavy atom. The molecule has 1 aliphatic carbocycles. The average Bonchev–Trinajstić information content (AvgIpc) is 3.63. The zero-order valence-corrected chi connectivity index (χ0v) is 23.2. The number of piperidine rings is 1. The van der Waals surface area contributed by atoms with Crippen molar-refractivity contribution in [3.63, 3.8) is 0 Å². The maximum Gasteiger partial charge on any atom is 0.321 e. The summed E-state index contributed by atoms with van der Waals surface area (Å²) in [6.45, 7) is 2.44. The molecule has 7 heteroatoms. The molecule has 2 bridgehead atoms. The number of carbonyl (C=O) groups is 1. The third kappa shape index (κ3) is 4.85. The number of benzene rings is 2. The molecule has 0 amide bonds. The van der Waals surface area contributed by atoms with Gasteiger partial charge in [0.05, 0.1) is 17.4 Å². The van der Waals surface area contributed by atoms with Crippen LogP contribution in [0.3, 0.4) is 0 Å². The van der Waals surface area contributed by atoms with Crippen molar-refractivity contribution in [1.29, 1.82) is 0 Å². The predicted molar refractivity (Wildman–Crippen MR) is 154 cm³/mol. The van der Waals surface area contributed by atoms with E-state index in [1.807, 2.05) is 18.5 Å². The number of nitrogens with zero attached hydrogens (tertiary/aromatic N) is 4. The molecule has 3 aromatic rings. The molecule has 212 valence electrons. The predicted octanol–water partition coefficient (Wildman–Crippen LogP) is 6.09. The molecule has 4 fully saturated rings. The second-order valence-electron chi connectivity index (χ2n) is 12.9. The molecule has 7 rings (SSSR count). The lowest BCUT2D eigenvalue weighted by Gasteiger charge is -2.41. The summed E-state index contributed by atoms with van der Waals surface area (Å²) in [5.74, 6) is -0.226. The molecule has 1 aromatic heterocycles. The van der Waals surface area contributed by atoms with Crippen LogP contribution in [0.5, 0.6) is 0 Å². The van der Waals surface area contributed by atoms with Gasteiger partial charge in [-0.05, 0) is 80.2 Å². The van der Waals surface area contributed by atoms with Crippen LogP contribution in [0.25, 0.3) is 11.0 Å². The Morgan fingerprint density at radius 2 is 1.73 bits per heavy atom. The second-order valence-corrected chi connectivity index (χ2v) is 12.9. The third-order valence-corrected chi connectivity index (χ3v) is 10.7. The van der Waals surface area contributed by atoms with Crippen molar-refractivity contribution in [2.75, 3.05) is 19.6 Å². The minimum atomic E-state index is -0.681. The van der Waals surface area contributed by atoms with Gasteiger partial charge in [0.15, 0.2) is 0 Å². The van der Waals surface area contributed by atoms with Crippen molar-refractivity contribution < 1.29 is 14.3 Å². The van der Waals surface area contributed by atoms with E-state index in [1.165, 1.54) is 30.8 Å². The molecule has 3 aliphatic heterocycles. The van der Waals surface area contributed by atoms with E-state index in [-0.39, 0.29) is 17.7 Å². The number of rotatable bonds is 7. The number of hydrogen-bond donors (Lipinski definition) is 1. The molecule has 3 saturated heterocycles. The van der Waals surface area contributed by atoms with Crippen LogP contribution < -0.4 is 0 Å². The molecule has 0 spiro atoms. The molecule has 6 nitrogen and oxygen atoms in total. The summed E-state index contributed by atoms with van der Waals surface area (Å²) in [6.07, 6.45) is 12.2. The van der Waals surface area contributed by atoms with E-state index >= 15 is 0 Å². The first-order valence-electron chi connectivity index (χ1n) is 15.4. The summed E-state index contributed by atoms with van der Waals surface area (Å²) in [5.41, 5.74) is 3.31. The Kier molecular flexibility index (Phi) is 7.13. The van der Waals surface area contributed by atoms with Gasteiger partial charge in [-0.15, -0.1) is 0 Å². The summed E-state index contributed by atoms with van der Waals surface area (Å²) in [6, 6.07) is 16.6. The Hall–Kier alpha value is -2.77. The Labute approximate surface area is 236 Å².